The molecule has 1 unspecified atom stereocenters. The van der Waals surface area contributed by atoms with E-state index in [0.29, 0.717) is 30.8 Å². The van der Waals surface area contributed by atoms with Crippen molar-refractivity contribution in [3.05, 3.63) is 29.8 Å². The summed E-state index contributed by atoms with van der Waals surface area (Å²) in [6.45, 7) is 1.69. The summed E-state index contributed by atoms with van der Waals surface area (Å²) in [7, 11) is 0. The van der Waals surface area contributed by atoms with Crippen molar-refractivity contribution in [1.82, 2.24) is 10.2 Å². The number of para-hydroxylation sites is 1. The van der Waals surface area contributed by atoms with Gasteiger partial charge in [-0.25, -0.2) is 0 Å². The average molecular weight is 357 g/mol. The van der Waals surface area contributed by atoms with Gasteiger partial charge in [0.1, 0.15) is 12.6 Å². The fourth-order valence-corrected chi connectivity index (χ4v) is 4.01. The molecular formula is C19H23N3O4. The summed E-state index contributed by atoms with van der Waals surface area (Å²) in [5.74, 6) is -0.533. The lowest BCUT2D eigenvalue weighted by Crippen LogP contribution is -2.48. The molecule has 0 aliphatic carbocycles. The van der Waals surface area contributed by atoms with E-state index in [0.717, 1.165) is 25.9 Å². The molecule has 4 rings (SSSR count). The first kappa shape index (κ1) is 17.0. The van der Waals surface area contributed by atoms with Gasteiger partial charge in [0.15, 0.2) is 0 Å². The highest BCUT2D eigenvalue weighted by atomic mass is 16.5. The minimum Gasteiger partial charge on any atom is -0.376 e. The van der Waals surface area contributed by atoms with Gasteiger partial charge < -0.3 is 19.9 Å². The number of carbonyl (C=O) groups is 3. The number of hydrogen-bond acceptors (Lipinski definition) is 4. The summed E-state index contributed by atoms with van der Waals surface area (Å²) < 4.78 is 5.51. The maximum Gasteiger partial charge on any atom is 0.256 e. The van der Waals surface area contributed by atoms with Crippen LogP contribution in [0.2, 0.25) is 0 Å². The zero-order valence-electron chi connectivity index (χ0n) is 14.6. The molecule has 0 radical (unpaired) electrons. The highest BCUT2D eigenvalue weighted by Gasteiger charge is 2.42. The Bertz CT molecular complexity index is 729. The average Bonchev–Trinajstić information content (AvgIpc) is 3.33. The molecule has 0 spiro atoms. The molecule has 1 N–H and O–H groups in total. The van der Waals surface area contributed by atoms with Gasteiger partial charge in [0.05, 0.1) is 17.4 Å². The van der Waals surface area contributed by atoms with Crippen LogP contribution in [-0.2, 0) is 14.3 Å². The van der Waals surface area contributed by atoms with E-state index in [2.05, 4.69) is 5.32 Å². The van der Waals surface area contributed by atoms with Crippen molar-refractivity contribution < 1.29 is 19.1 Å². The van der Waals surface area contributed by atoms with Gasteiger partial charge in [-0.05, 0) is 37.8 Å². The molecule has 1 aromatic carbocycles. The molecular weight excluding hydrogens is 334 g/mol. The SMILES string of the molecule is O=C(CN1C(=O)[C@@H]2CCCN2C(=O)c2ccccc21)NCC1CCCO1. The number of amides is 3. The lowest BCUT2D eigenvalue weighted by atomic mass is 10.1. The second-order valence-electron chi connectivity index (χ2n) is 7.04. The van der Waals surface area contributed by atoms with E-state index in [1.807, 2.05) is 0 Å². The first-order valence-electron chi connectivity index (χ1n) is 9.25. The van der Waals surface area contributed by atoms with Crippen molar-refractivity contribution in [2.24, 2.45) is 0 Å². The van der Waals surface area contributed by atoms with Crippen molar-refractivity contribution in [1.29, 1.82) is 0 Å². The van der Waals surface area contributed by atoms with Crippen molar-refractivity contribution in [2.75, 3.05) is 31.1 Å². The van der Waals surface area contributed by atoms with Gasteiger partial charge in [-0.2, -0.15) is 0 Å². The Labute approximate surface area is 152 Å². The highest BCUT2D eigenvalue weighted by molar-refractivity contribution is 6.12. The molecule has 0 saturated carbocycles. The maximum absolute atomic E-state index is 13.1. The number of nitrogens with one attached hydrogen (secondary N) is 1. The van der Waals surface area contributed by atoms with Crippen molar-refractivity contribution in [3.63, 3.8) is 0 Å². The first-order chi connectivity index (χ1) is 12.6. The van der Waals surface area contributed by atoms with Crippen LogP contribution in [0.15, 0.2) is 24.3 Å². The lowest BCUT2D eigenvalue weighted by molar-refractivity contribution is -0.125. The number of nitrogens with zero attached hydrogens (tertiary/aromatic N) is 2. The smallest absolute Gasteiger partial charge is 0.256 e. The fourth-order valence-electron chi connectivity index (χ4n) is 4.01. The number of benzene rings is 1. The Balaban J connectivity index is 1.55. The molecule has 0 aromatic heterocycles. The Hall–Kier alpha value is -2.41. The van der Waals surface area contributed by atoms with Gasteiger partial charge in [-0.3, -0.25) is 14.4 Å². The first-order valence-corrected chi connectivity index (χ1v) is 9.25. The highest BCUT2D eigenvalue weighted by Crippen LogP contribution is 2.32. The second-order valence-corrected chi connectivity index (χ2v) is 7.04. The lowest BCUT2D eigenvalue weighted by Gasteiger charge is -2.25. The van der Waals surface area contributed by atoms with Gasteiger partial charge in [0.2, 0.25) is 11.8 Å². The van der Waals surface area contributed by atoms with Crippen LogP contribution < -0.4 is 10.2 Å². The minimum atomic E-state index is -0.471. The quantitative estimate of drug-likeness (QED) is 0.870. The molecule has 138 valence electrons. The van der Waals surface area contributed by atoms with Crippen LogP contribution in [0, 0.1) is 0 Å². The van der Waals surface area contributed by atoms with E-state index < -0.39 is 6.04 Å². The normalized spacial score (nSPS) is 25.1. The molecule has 3 aliphatic rings. The van der Waals surface area contributed by atoms with Gasteiger partial charge in [-0.15, -0.1) is 0 Å². The number of rotatable bonds is 4. The zero-order valence-corrected chi connectivity index (χ0v) is 14.6. The van der Waals surface area contributed by atoms with Crippen LogP contribution >= 0.6 is 0 Å². The van der Waals surface area contributed by atoms with Crippen molar-refractivity contribution in [2.45, 2.75) is 37.8 Å². The molecule has 2 saturated heterocycles. The summed E-state index contributed by atoms with van der Waals surface area (Å²) in [6.07, 6.45) is 3.46. The van der Waals surface area contributed by atoms with Crippen molar-refractivity contribution >= 4 is 23.4 Å². The minimum absolute atomic E-state index is 0.0537. The van der Waals surface area contributed by atoms with E-state index in [9.17, 15) is 14.4 Å². The molecule has 2 atom stereocenters. The Morgan fingerprint density at radius 2 is 2.04 bits per heavy atom. The molecule has 0 bridgehead atoms. The summed E-state index contributed by atoms with van der Waals surface area (Å²) in [4.78, 5) is 41.4. The van der Waals surface area contributed by atoms with Gasteiger partial charge in [-0.1, -0.05) is 12.1 Å². The second kappa shape index (κ2) is 7.07. The Kier molecular flexibility index (Phi) is 4.63. The third-order valence-corrected chi connectivity index (χ3v) is 5.34. The molecule has 2 fully saturated rings. The monoisotopic (exact) mass is 357 g/mol. The van der Waals surface area contributed by atoms with Crippen LogP contribution in [0.4, 0.5) is 5.69 Å². The maximum atomic E-state index is 13.1. The Morgan fingerprint density at radius 1 is 1.19 bits per heavy atom. The van der Waals surface area contributed by atoms with E-state index in [1.54, 1.807) is 29.2 Å². The van der Waals surface area contributed by atoms with Gasteiger partial charge >= 0.3 is 0 Å². The van der Waals surface area contributed by atoms with E-state index >= 15 is 0 Å². The number of ether oxygens (including phenoxy) is 1. The summed E-state index contributed by atoms with van der Waals surface area (Å²) in [5.41, 5.74) is 1.00. The van der Waals surface area contributed by atoms with Crippen LogP contribution in [0.5, 0.6) is 0 Å². The molecule has 3 aliphatic heterocycles. The molecule has 7 nitrogen and oxygen atoms in total. The number of anilines is 1. The molecule has 7 heteroatoms. The zero-order chi connectivity index (χ0) is 18.1. The van der Waals surface area contributed by atoms with Crippen LogP contribution in [0.25, 0.3) is 0 Å². The fraction of sp³-hybridized carbons (Fsp3) is 0.526. The Morgan fingerprint density at radius 3 is 2.85 bits per heavy atom. The number of fused-ring (bicyclic) bond motifs is 2. The van der Waals surface area contributed by atoms with Crippen molar-refractivity contribution in [3.8, 4) is 0 Å². The van der Waals surface area contributed by atoms with Crippen LogP contribution in [-0.4, -0.2) is 61.0 Å². The largest absolute Gasteiger partial charge is 0.376 e. The predicted octanol–water partition coefficient (Wildman–Crippen LogP) is 0.933. The topological polar surface area (TPSA) is 79.0 Å². The summed E-state index contributed by atoms with van der Waals surface area (Å²) in [6, 6.07) is 6.56. The van der Waals surface area contributed by atoms with Gasteiger partial charge in [0.25, 0.3) is 5.91 Å². The van der Waals surface area contributed by atoms with E-state index in [-0.39, 0.29) is 30.4 Å². The standard InChI is InChI=1S/C19H23N3O4/c23-17(20-11-13-5-4-10-26-13)12-22-15-7-2-1-6-14(15)18(24)21-9-3-8-16(21)19(22)25/h1-2,6-7,13,16H,3-5,8-12H2,(H,20,23)/t13?,16-/m0/s1. The van der Waals surface area contributed by atoms with Crippen LogP contribution in [0.3, 0.4) is 0 Å². The summed E-state index contributed by atoms with van der Waals surface area (Å²) in [5, 5.41) is 2.86. The predicted molar refractivity (Wildman–Crippen MR) is 94.8 cm³/mol. The van der Waals surface area contributed by atoms with Gasteiger partial charge in [0, 0.05) is 19.7 Å². The summed E-state index contributed by atoms with van der Waals surface area (Å²) >= 11 is 0. The third kappa shape index (κ3) is 3.07. The number of carbonyl (C=O) groups excluding carboxylic acids is 3. The van der Waals surface area contributed by atoms with E-state index in [4.69, 9.17) is 4.74 Å². The molecule has 26 heavy (non-hydrogen) atoms. The molecule has 3 amide bonds. The third-order valence-electron chi connectivity index (χ3n) is 5.34. The van der Waals surface area contributed by atoms with E-state index in [1.165, 1.54) is 4.90 Å². The van der Waals surface area contributed by atoms with Crippen LogP contribution in [0.1, 0.15) is 36.0 Å². The number of hydrogen-bond donors (Lipinski definition) is 1. The molecule has 3 heterocycles. The molecule has 1 aromatic rings.